The highest BCUT2D eigenvalue weighted by Gasteiger charge is 2.22. The Balaban J connectivity index is 1.79. The Bertz CT molecular complexity index is 1000. The molecule has 2 heterocycles. The van der Waals surface area contributed by atoms with E-state index in [9.17, 15) is 4.79 Å². The third-order valence-electron chi connectivity index (χ3n) is 4.17. The van der Waals surface area contributed by atoms with Crippen LogP contribution in [0.1, 0.15) is 32.9 Å². The number of hydrogen-bond donors (Lipinski definition) is 1. The number of carbonyl (C=O) groups is 1. The molecule has 140 valence electrons. The number of nitrogens with one attached hydrogen (secondary N) is 1. The average molecular weight is 406 g/mol. The molecule has 27 heavy (non-hydrogen) atoms. The summed E-state index contributed by atoms with van der Waals surface area (Å²) in [5.74, 6) is 0.932. The van der Waals surface area contributed by atoms with Gasteiger partial charge in [-0.3, -0.25) is 4.79 Å². The number of amides is 1. The summed E-state index contributed by atoms with van der Waals surface area (Å²) in [6, 6.07) is 7.29. The first kappa shape index (κ1) is 19.2. The normalized spacial score (nSPS) is 10.7. The van der Waals surface area contributed by atoms with Gasteiger partial charge in [-0.1, -0.05) is 40.5 Å². The van der Waals surface area contributed by atoms with Crippen LogP contribution in [-0.4, -0.2) is 16.0 Å². The van der Waals surface area contributed by atoms with Gasteiger partial charge in [0.25, 0.3) is 5.91 Å². The molecule has 0 bridgehead atoms. The van der Waals surface area contributed by atoms with Crippen LogP contribution in [0.2, 0.25) is 10.0 Å². The fraction of sp³-hybridized carbons (Fsp3) is 0.211. The first-order chi connectivity index (χ1) is 12.9. The number of anilines is 1. The fourth-order valence-corrected chi connectivity index (χ4v) is 2.87. The molecule has 3 rings (SSSR count). The van der Waals surface area contributed by atoms with Crippen LogP contribution in [0.25, 0.3) is 0 Å². The number of ether oxygens (including phenoxy) is 1. The highest BCUT2D eigenvalue weighted by molar-refractivity contribution is 6.36. The van der Waals surface area contributed by atoms with Gasteiger partial charge < -0.3 is 14.6 Å². The maximum Gasteiger partial charge on any atom is 0.279 e. The molecule has 3 aromatic rings. The van der Waals surface area contributed by atoms with Gasteiger partial charge in [-0.25, -0.2) is 4.98 Å². The average Bonchev–Trinajstić information content (AvgIpc) is 2.99. The Kier molecular flexibility index (Phi) is 5.68. The SMILES string of the molecule is Cc1cccc(OCc2c(C(=O)Nc3ncc(Cl)cc3Cl)noc2C)c1C. The van der Waals surface area contributed by atoms with Crippen LogP contribution in [0.4, 0.5) is 5.82 Å². The number of aryl methyl sites for hydroxylation is 2. The summed E-state index contributed by atoms with van der Waals surface area (Å²) >= 11 is 11.9. The summed E-state index contributed by atoms with van der Waals surface area (Å²) in [4.78, 5) is 16.6. The highest BCUT2D eigenvalue weighted by atomic mass is 35.5. The van der Waals surface area contributed by atoms with Crippen LogP contribution in [-0.2, 0) is 6.61 Å². The molecule has 1 aromatic carbocycles. The van der Waals surface area contributed by atoms with E-state index < -0.39 is 5.91 Å². The number of aromatic nitrogens is 2. The van der Waals surface area contributed by atoms with E-state index >= 15 is 0 Å². The largest absolute Gasteiger partial charge is 0.488 e. The molecular formula is C19H17Cl2N3O3. The van der Waals surface area contributed by atoms with Crippen LogP contribution in [0, 0.1) is 20.8 Å². The van der Waals surface area contributed by atoms with Crippen molar-refractivity contribution in [1.82, 2.24) is 10.1 Å². The molecule has 1 N–H and O–H groups in total. The molecule has 0 radical (unpaired) electrons. The molecule has 0 saturated carbocycles. The predicted molar refractivity (Wildman–Crippen MR) is 104 cm³/mol. The maximum absolute atomic E-state index is 12.6. The summed E-state index contributed by atoms with van der Waals surface area (Å²) in [7, 11) is 0. The number of nitrogens with zero attached hydrogens (tertiary/aromatic N) is 2. The van der Waals surface area contributed by atoms with Crippen molar-refractivity contribution in [3.05, 3.63) is 68.7 Å². The van der Waals surface area contributed by atoms with Crippen LogP contribution in [0.5, 0.6) is 5.75 Å². The number of rotatable bonds is 5. The lowest BCUT2D eigenvalue weighted by atomic mass is 10.1. The fourth-order valence-electron chi connectivity index (χ4n) is 2.44. The number of pyridine rings is 1. The summed E-state index contributed by atoms with van der Waals surface area (Å²) < 4.78 is 11.1. The van der Waals surface area contributed by atoms with E-state index in [1.165, 1.54) is 12.3 Å². The smallest absolute Gasteiger partial charge is 0.279 e. The third kappa shape index (κ3) is 4.23. The molecule has 0 spiro atoms. The minimum absolute atomic E-state index is 0.116. The van der Waals surface area contributed by atoms with E-state index in [1.807, 2.05) is 32.0 Å². The van der Waals surface area contributed by atoms with Gasteiger partial charge in [0.1, 0.15) is 18.1 Å². The quantitative estimate of drug-likeness (QED) is 0.636. The first-order valence-electron chi connectivity index (χ1n) is 8.13. The molecular weight excluding hydrogens is 389 g/mol. The van der Waals surface area contributed by atoms with Gasteiger partial charge in [0.2, 0.25) is 0 Å². The zero-order valence-electron chi connectivity index (χ0n) is 15.0. The third-order valence-corrected chi connectivity index (χ3v) is 4.66. The molecule has 0 fully saturated rings. The van der Waals surface area contributed by atoms with Gasteiger partial charge in [0, 0.05) is 6.20 Å². The van der Waals surface area contributed by atoms with Crippen LogP contribution in [0.15, 0.2) is 35.0 Å². The molecule has 0 saturated heterocycles. The standard InChI is InChI=1S/C19H17Cl2N3O3/c1-10-5-4-6-16(11(10)2)26-9-14-12(3)27-24-17(14)19(25)23-18-15(21)7-13(20)8-22-18/h4-8H,9H2,1-3H3,(H,22,23,25). The van der Waals surface area contributed by atoms with Gasteiger partial charge in [0.05, 0.1) is 15.6 Å². The van der Waals surface area contributed by atoms with Crippen molar-refractivity contribution < 1.29 is 14.1 Å². The molecule has 0 aliphatic heterocycles. The van der Waals surface area contributed by atoms with Crippen molar-refractivity contribution in [3.8, 4) is 5.75 Å². The molecule has 0 aliphatic carbocycles. The topological polar surface area (TPSA) is 77.2 Å². The Morgan fingerprint density at radius 1 is 1.26 bits per heavy atom. The van der Waals surface area contributed by atoms with E-state index in [4.69, 9.17) is 32.5 Å². The summed E-state index contributed by atoms with van der Waals surface area (Å²) in [5.41, 5.74) is 2.83. The van der Waals surface area contributed by atoms with Crippen molar-refractivity contribution >= 4 is 34.9 Å². The van der Waals surface area contributed by atoms with E-state index in [0.29, 0.717) is 16.3 Å². The zero-order valence-corrected chi connectivity index (χ0v) is 16.5. The van der Waals surface area contributed by atoms with Crippen LogP contribution in [0.3, 0.4) is 0 Å². The highest BCUT2D eigenvalue weighted by Crippen LogP contribution is 2.25. The molecule has 0 unspecified atom stereocenters. The lowest BCUT2D eigenvalue weighted by molar-refractivity contribution is 0.101. The van der Waals surface area contributed by atoms with Gasteiger partial charge in [-0.2, -0.15) is 0 Å². The Hall–Kier alpha value is -2.57. The van der Waals surface area contributed by atoms with E-state index in [1.54, 1.807) is 6.92 Å². The lowest BCUT2D eigenvalue weighted by Gasteiger charge is -2.11. The van der Waals surface area contributed by atoms with Crippen molar-refractivity contribution in [3.63, 3.8) is 0 Å². The van der Waals surface area contributed by atoms with E-state index in [-0.39, 0.29) is 23.1 Å². The van der Waals surface area contributed by atoms with E-state index in [0.717, 1.165) is 16.9 Å². The predicted octanol–water partition coefficient (Wildman–Crippen LogP) is 5.13. The minimum atomic E-state index is -0.497. The molecule has 0 atom stereocenters. The van der Waals surface area contributed by atoms with Gasteiger partial charge in [-0.05, 0) is 44.0 Å². The first-order valence-corrected chi connectivity index (χ1v) is 8.89. The number of benzene rings is 1. The van der Waals surface area contributed by atoms with Crippen molar-refractivity contribution in [2.45, 2.75) is 27.4 Å². The van der Waals surface area contributed by atoms with Crippen molar-refractivity contribution in [2.75, 3.05) is 5.32 Å². The second-order valence-electron chi connectivity index (χ2n) is 5.99. The Morgan fingerprint density at radius 3 is 2.78 bits per heavy atom. The molecule has 2 aromatic heterocycles. The monoisotopic (exact) mass is 405 g/mol. The molecule has 0 aliphatic rings. The van der Waals surface area contributed by atoms with Crippen LogP contribution >= 0.6 is 23.2 Å². The Morgan fingerprint density at radius 2 is 2.04 bits per heavy atom. The van der Waals surface area contributed by atoms with Gasteiger partial charge in [-0.15, -0.1) is 0 Å². The zero-order chi connectivity index (χ0) is 19.6. The summed E-state index contributed by atoms with van der Waals surface area (Å²) in [6.45, 7) is 5.85. The van der Waals surface area contributed by atoms with Crippen molar-refractivity contribution in [1.29, 1.82) is 0 Å². The van der Waals surface area contributed by atoms with E-state index in [2.05, 4.69) is 15.5 Å². The molecule has 8 heteroatoms. The number of hydrogen-bond acceptors (Lipinski definition) is 5. The van der Waals surface area contributed by atoms with Crippen molar-refractivity contribution in [2.24, 2.45) is 0 Å². The second kappa shape index (κ2) is 7.98. The van der Waals surface area contributed by atoms with Gasteiger partial charge >= 0.3 is 0 Å². The molecule has 1 amide bonds. The minimum Gasteiger partial charge on any atom is -0.488 e. The second-order valence-corrected chi connectivity index (χ2v) is 6.83. The summed E-state index contributed by atoms with van der Waals surface area (Å²) in [6.07, 6.45) is 1.39. The maximum atomic E-state index is 12.6. The van der Waals surface area contributed by atoms with Gasteiger partial charge in [0.15, 0.2) is 11.5 Å². The van der Waals surface area contributed by atoms with Crippen LogP contribution < -0.4 is 10.1 Å². The lowest BCUT2D eigenvalue weighted by Crippen LogP contribution is -2.16. The molecule has 6 nitrogen and oxygen atoms in total. The summed E-state index contributed by atoms with van der Waals surface area (Å²) in [5, 5.41) is 7.05. The number of carbonyl (C=O) groups excluding carboxylic acids is 1. The Labute approximate surface area is 166 Å². The number of halogens is 2.